The molecule has 0 atom stereocenters. The molecule has 1 amide bonds. The van der Waals surface area contributed by atoms with E-state index < -0.39 is 20.7 Å². The van der Waals surface area contributed by atoms with Crippen LogP contribution in [0.25, 0.3) is 0 Å². The lowest BCUT2D eigenvalue weighted by Gasteiger charge is -2.09. The van der Waals surface area contributed by atoms with Gasteiger partial charge in [0.05, 0.1) is 21.8 Å². The Hall–Kier alpha value is -3.66. The van der Waals surface area contributed by atoms with Gasteiger partial charge in [0.2, 0.25) is 0 Å². The molecule has 3 rings (SSSR count). The molecule has 30 heavy (non-hydrogen) atoms. The van der Waals surface area contributed by atoms with E-state index in [1.807, 2.05) is 0 Å². The zero-order valence-corrected chi connectivity index (χ0v) is 16.6. The van der Waals surface area contributed by atoms with Crippen molar-refractivity contribution in [3.8, 4) is 0 Å². The van der Waals surface area contributed by atoms with Gasteiger partial charge in [0.1, 0.15) is 5.69 Å². The maximum atomic E-state index is 12.5. The molecule has 0 aliphatic carbocycles. The van der Waals surface area contributed by atoms with Gasteiger partial charge in [-0.15, -0.1) is 0 Å². The molecule has 0 saturated carbocycles. The number of carbonyl (C=O) groups excluding carboxylic acids is 1. The lowest BCUT2D eigenvalue weighted by molar-refractivity contribution is -0.384. The maximum absolute atomic E-state index is 12.5. The van der Waals surface area contributed by atoms with E-state index in [1.165, 1.54) is 30.5 Å². The zero-order valence-electron chi connectivity index (χ0n) is 15.8. The Balaban J connectivity index is 1.59. The molecule has 10 heteroatoms. The molecular formula is C20H19N3O6S. The van der Waals surface area contributed by atoms with Crippen LogP contribution in [0.5, 0.6) is 0 Å². The summed E-state index contributed by atoms with van der Waals surface area (Å²) in [6, 6.07) is 15.6. The molecule has 1 heterocycles. The number of benzene rings is 2. The Morgan fingerprint density at radius 2 is 1.70 bits per heavy atom. The van der Waals surface area contributed by atoms with Crippen molar-refractivity contribution in [1.82, 2.24) is 5.32 Å². The van der Waals surface area contributed by atoms with Crippen LogP contribution in [0.4, 0.5) is 11.4 Å². The summed E-state index contributed by atoms with van der Waals surface area (Å²) in [4.78, 5) is 23.1. The molecule has 156 valence electrons. The molecule has 0 unspecified atom stereocenters. The van der Waals surface area contributed by atoms with Crippen molar-refractivity contribution in [3.63, 3.8) is 0 Å². The SMILES string of the molecule is O=C(NCCNc1ccccc1[N+](=O)[O-])c1occc1CS(=O)(=O)c1ccccc1. The highest BCUT2D eigenvalue weighted by atomic mass is 32.2. The van der Waals surface area contributed by atoms with E-state index in [-0.39, 0.29) is 40.7 Å². The Bertz CT molecular complexity index is 1140. The van der Waals surface area contributed by atoms with Crippen molar-refractivity contribution in [2.75, 3.05) is 18.4 Å². The second kappa shape index (κ2) is 9.23. The third kappa shape index (κ3) is 5.03. The van der Waals surface area contributed by atoms with Gasteiger partial charge in [0.25, 0.3) is 11.6 Å². The normalized spacial score (nSPS) is 11.1. The van der Waals surface area contributed by atoms with Gasteiger partial charge in [-0.25, -0.2) is 8.42 Å². The summed E-state index contributed by atoms with van der Waals surface area (Å²) in [6.45, 7) is 0.380. The number of anilines is 1. The number of para-hydroxylation sites is 2. The summed E-state index contributed by atoms with van der Waals surface area (Å²) in [7, 11) is -3.63. The Morgan fingerprint density at radius 3 is 2.43 bits per heavy atom. The summed E-state index contributed by atoms with van der Waals surface area (Å²) in [5, 5.41) is 16.5. The van der Waals surface area contributed by atoms with Crippen LogP contribution in [0.2, 0.25) is 0 Å². The number of nitrogens with one attached hydrogen (secondary N) is 2. The Labute approximate surface area is 172 Å². The van der Waals surface area contributed by atoms with Crippen LogP contribution in [-0.4, -0.2) is 32.3 Å². The van der Waals surface area contributed by atoms with E-state index in [9.17, 15) is 23.3 Å². The number of furan rings is 1. The summed E-state index contributed by atoms with van der Waals surface area (Å²) in [6.07, 6.45) is 1.26. The van der Waals surface area contributed by atoms with E-state index in [0.717, 1.165) is 0 Å². The predicted octanol–water partition coefficient (Wildman–Crippen LogP) is 3.00. The van der Waals surface area contributed by atoms with Gasteiger partial charge in [-0.3, -0.25) is 14.9 Å². The molecule has 3 aromatic rings. The summed E-state index contributed by atoms with van der Waals surface area (Å²) in [5.41, 5.74) is 0.524. The fourth-order valence-electron chi connectivity index (χ4n) is 2.80. The van der Waals surface area contributed by atoms with Crippen LogP contribution < -0.4 is 10.6 Å². The van der Waals surface area contributed by atoms with Crippen LogP contribution in [0, 0.1) is 10.1 Å². The molecule has 0 bridgehead atoms. The van der Waals surface area contributed by atoms with Crippen molar-refractivity contribution in [1.29, 1.82) is 0 Å². The minimum Gasteiger partial charge on any atom is -0.459 e. The first-order valence-corrected chi connectivity index (χ1v) is 10.6. The van der Waals surface area contributed by atoms with E-state index >= 15 is 0 Å². The highest BCUT2D eigenvalue weighted by Gasteiger charge is 2.22. The fraction of sp³-hybridized carbons (Fsp3) is 0.150. The minimum absolute atomic E-state index is 0.0664. The average Bonchev–Trinajstić information content (AvgIpc) is 3.19. The van der Waals surface area contributed by atoms with E-state index in [1.54, 1.807) is 36.4 Å². The van der Waals surface area contributed by atoms with Crippen molar-refractivity contribution >= 4 is 27.1 Å². The van der Waals surface area contributed by atoms with Gasteiger partial charge < -0.3 is 15.1 Å². The van der Waals surface area contributed by atoms with Crippen molar-refractivity contribution in [2.45, 2.75) is 10.6 Å². The van der Waals surface area contributed by atoms with Gasteiger partial charge in [0.15, 0.2) is 15.6 Å². The minimum atomic E-state index is -3.63. The first-order valence-electron chi connectivity index (χ1n) is 8.98. The van der Waals surface area contributed by atoms with Gasteiger partial charge in [0, 0.05) is 24.7 Å². The van der Waals surface area contributed by atoms with Crippen molar-refractivity contribution < 1.29 is 22.6 Å². The number of amides is 1. The third-order valence-corrected chi connectivity index (χ3v) is 5.91. The van der Waals surface area contributed by atoms with Crippen LogP contribution in [0.3, 0.4) is 0 Å². The van der Waals surface area contributed by atoms with E-state index in [4.69, 9.17) is 4.42 Å². The Kier molecular flexibility index (Phi) is 6.48. The van der Waals surface area contributed by atoms with Crippen LogP contribution in [-0.2, 0) is 15.6 Å². The second-order valence-corrected chi connectivity index (χ2v) is 8.29. The lowest BCUT2D eigenvalue weighted by atomic mass is 10.2. The van der Waals surface area contributed by atoms with Crippen molar-refractivity contribution in [2.24, 2.45) is 0 Å². The topological polar surface area (TPSA) is 132 Å². The number of nitro groups is 1. The molecule has 1 aromatic heterocycles. The Morgan fingerprint density at radius 1 is 1.00 bits per heavy atom. The predicted molar refractivity (Wildman–Crippen MR) is 110 cm³/mol. The lowest BCUT2D eigenvalue weighted by Crippen LogP contribution is -2.29. The highest BCUT2D eigenvalue weighted by molar-refractivity contribution is 7.90. The molecule has 0 spiro atoms. The van der Waals surface area contributed by atoms with Crippen LogP contribution in [0.15, 0.2) is 76.2 Å². The number of sulfone groups is 1. The van der Waals surface area contributed by atoms with Crippen LogP contribution in [0.1, 0.15) is 16.1 Å². The number of hydrogen-bond donors (Lipinski definition) is 2. The van der Waals surface area contributed by atoms with E-state index in [0.29, 0.717) is 5.69 Å². The van der Waals surface area contributed by atoms with Gasteiger partial charge in [-0.05, 0) is 24.3 Å². The maximum Gasteiger partial charge on any atom is 0.292 e. The van der Waals surface area contributed by atoms with Crippen LogP contribution >= 0.6 is 0 Å². The standard InChI is InChI=1S/C20H19N3O6S/c24-20(22-12-11-21-17-8-4-5-9-18(17)23(25)26)19-15(10-13-29-19)14-30(27,28)16-6-2-1-3-7-16/h1-10,13,21H,11-12,14H2,(H,22,24). The largest absolute Gasteiger partial charge is 0.459 e. The first-order chi connectivity index (χ1) is 14.4. The molecule has 0 saturated heterocycles. The molecule has 2 aromatic carbocycles. The monoisotopic (exact) mass is 429 g/mol. The average molecular weight is 429 g/mol. The molecular weight excluding hydrogens is 410 g/mol. The highest BCUT2D eigenvalue weighted by Crippen LogP contribution is 2.23. The number of nitrogens with zero attached hydrogens (tertiary/aromatic N) is 1. The van der Waals surface area contributed by atoms with Crippen molar-refractivity contribution in [3.05, 3.63) is 88.4 Å². The number of rotatable bonds is 9. The molecule has 2 N–H and O–H groups in total. The van der Waals surface area contributed by atoms with Gasteiger partial charge >= 0.3 is 0 Å². The third-order valence-electron chi connectivity index (χ3n) is 4.23. The fourth-order valence-corrected chi connectivity index (χ4v) is 4.18. The first kappa shape index (κ1) is 21.1. The quantitative estimate of drug-likeness (QED) is 0.304. The van der Waals surface area contributed by atoms with Gasteiger partial charge in [-0.1, -0.05) is 30.3 Å². The number of nitro benzene ring substituents is 1. The molecule has 0 aliphatic heterocycles. The summed E-state index contributed by atoms with van der Waals surface area (Å²) < 4.78 is 30.3. The second-order valence-electron chi connectivity index (χ2n) is 6.30. The van der Waals surface area contributed by atoms with Gasteiger partial charge in [-0.2, -0.15) is 0 Å². The summed E-state index contributed by atoms with van der Waals surface area (Å²) >= 11 is 0. The molecule has 9 nitrogen and oxygen atoms in total. The molecule has 0 radical (unpaired) electrons. The number of hydrogen-bond acceptors (Lipinski definition) is 7. The molecule has 0 aliphatic rings. The molecule has 0 fully saturated rings. The van der Waals surface area contributed by atoms with E-state index in [2.05, 4.69) is 10.6 Å². The summed E-state index contributed by atoms with van der Waals surface area (Å²) in [5.74, 6) is -1.02. The number of carbonyl (C=O) groups is 1. The zero-order chi connectivity index (χ0) is 21.6. The smallest absolute Gasteiger partial charge is 0.292 e.